The first kappa shape index (κ1) is 9.05. The van der Waals surface area contributed by atoms with Crippen LogP contribution in [0.15, 0.2) is 27.1 Å². The number of thiazole rings is 1. The van der Waals surface area contributed by atoms with Gasteiger partial charge in [0.25, 0.3) is 5.03 Å². The first-order valence-electron chi connectivity index (χ1n) is 4.41. The van der Waals surface area contributed by atoms with Gasteiger partial charge in [0.1, 0.15) is 22.6 Å². The molecule has 2 aliphatic rings. The Labute approximate surface area is 94.2 Å². The van der Waals surface area contributed by atoms with Crippen molar-refractivity contribution in [3.8, 4) is 0 Å². The highest BCUT2D eigenvalue weighted by atomic mass is 32.2. The number of nitrogen functional groups attached to an aromatic ring is 1. The summed E-state index contributed by atoms with van der Waals surface area (Å²) in [5.74, 6) is 0. The molecule has 0 fully saturated rings. The third-order valence-corrected chi connectivity index (χ3v) is 5.20. The Bertz CT molecular complexity index is 440. The highest BCUT2D eigenvalue weighted by Crippen LogP contribution is 2.33. The van der Waals surface area contributed by atoms with Crippen LogP contribution in [-0.2, 0) is 10.9 Å². The van der Waals surface area contributed by atoms with Crippen LogP contribution >= 0.6 is 11.3 Å². The summed E-state index contributed by atoms with van der Waals surface area (Å²) in [4.78, 5) is 6.43. The number of hydrogen-bond acceptors (Lipinski definition) is 6. The maximum absolute atomic E-state index is 5.65. The first-order chi connectivity index (χ1) is 7.25. The van der Waals surface area contributed by atoms with E-state index in [0.717, 1.165) is 5.03 Å². The molecule has 15 heavy (non-hydrogen) atoms. The Hall–Kier alpha value is -1.21. The van der Waals surface area contributed by atoms with Crippen molar-refractivity contribution in [2.45, 2.75) is 10.5 Å². The van der Waals surface area contributed by atoms with Crippen molar-refractivity contribution >= 4 is 33.7 Å². The Balaban J connectivity index is 1.93. The van der Waals surface area contributed by atoms with Gasteiger partial charge in [-0.1, -0.05) is 0 Å². The van der Waals surface area contributed by atoms with Gasteiger partial charge in [0, 0.05) is 7.05 Å². The van der Waals surface area contributed by atoms with E-state index < -0.39 is 0 Å². The molecule has 2 unspecified atom stereocenters. The number of hydrazone groups is 1. The second kappa shape index (κ2) is 3.14. The van der Waals surface area contributed by atoms with Crippen molar-refractivity contribution in [2.75, 3.05) is 12.8 Å². The van der Waals surface area contributed by atoms with Gasteiger partial charge in [-0.2, -0.15) is 15.1 Å². The normalized spacial score (nSPS) is 27.8. The predicted molar refractivity (Wildman–Crippen MR) is 63.2 cm³/mol. The quantitative estimate of drug-likeness (QED) is 0.733. The molecule has 0 spiro atoms. The molecule has 78 valence electrons. The second-order valence-corrected chi connectivity index (χ2v) is 6.03. The largest absolute Gasteiger partial charge is 0.375 e. The van der Waals surface area contributed by atoms with Gasteiger partial charge in [0.15, 0.2) is 5.13 Å². The van der Waals surface area contributed by atoms with Crippen molar-refractivity contribution in [2.24, 2.45) is 5.10 Å². The van der Waals surface area contributed by atoms with Crippen molar-refractivity contribution in [3.63, 3.8) is 0 Å². The minimum Gasteiger partial charge on any atom is -0.375 e. The minimum atomic E-state index is -0.0397. The molecule has 7 heteroatoms. The van der Waals surface area contributed by atoms with Gasteiger partial charge in [-0.05, 0) is 0 Å². The number of aromatic nitrogens is 1. The SMILES string of the molecule is CN1C=NN2C=C[S+](c3csc(N)n3)C12. The summed E-state index contributed by atoms with van der Waals surface area (Å²) in [6.45, 7) is 0. The Morgan fingerprint density at radius 3 is 3.20 bits per heavy atom. The molecule has 0 saturated heterocycles. The number of rotatable bonds is 1. The highest BCUT2D eigenvalue weighted by molar-refractivity contribution is 8.00. The molecule has 0 amide bonds. The molecular weight excluding hydrogens is 230 g/mol. The summed E-state index contributed by atoms with van der Waals surface area (Å²) in [5, 5.41) is 12.1. The van der Waals surface area contributed by atoms with Gasteiger partial charge in [-0.25, -0.2) is 0 Å². The van der Waals surface area contributed by atoms with Gasteiger partial charge in [-0.3, -0.25) is 4.90 Å². The zero-order valence-electron chi connectivity index (χ0n) is 8.07. The molecule has 2 atom stereocenters. The molecule has 3 heterocycles. The van der Waals surface area contributed by atoms with Gasteiger partial charge < -0.3 is 5.73 Å². The van der Waals surface area contributed by atoms with E-state index in [0.29, 0.717) is 5.13 Å². The zero-order valence-corrected chi connectivity index (χ0v) is 9.70. The smallest absolute Gasteiger partial charge is 0.300 e. The van der Waals surface area contributed by atoms with Crippen molar-refractivity contribution in [1.29, 1.82) is 0 Å². The fraction of sp³-hybridized carbons (Fsp3) is 0.250. The van der Waals surface area contributed by atoms with Crippen LogP contribution in [0.5, 0.6) is 0 Å². The average Bonchev–Trinajstić information content (AvgIpc) is 2.84. The van der Waals surface area contributed by atoms with Crippen LogP contribution in [0.2, 0.25) is 0 Å². The monoisotopic (exact) mass is 240 g/mol. The molecule has 2 N–H and O–H groups in total. The lowest BCUT2D eigenvalue weighted by molar-refractivity contribution is 0.303. The third kappa shape index (κ3) is 1.30. The topological polar surface area (TPSA) is 57.8 Å². The summed E-state index contributed by atoms with van der Waals surface area (Å²) in [7, 11) is 1.98. The maximum Gasteiger partial charge on any atom is 0.300 e. The van der Waals surface area contributed by atoms with E-state index in [2.05, 4.69) is 20.4 Å². The van der Waals surface area contributed by atoms with Crippen LogP contribution in [0.3, 0.4) is 0 Å². The van der Waals surface area contributed by atoms with E-state index in [-0.39, 0.29) is 16.4 Å². The summed E-state index contributed by atoms with van der Waals surface area (Å²) >= 11 is 1.49. The number of nitrogens with zero attached hydrogens (tertiary/aromatic N) is 4. The number of anilines is 1. The zero-order chi connectivity index (χ0) is 10.4. The summed E-state index contributed by atoms with van der Waals surface area (Å²) in [5.41, 5.74) is 5.90. The lowest BCUT2D eigenvalue weighted by Gasteiger charge is -2.16. The fourth-order valence-corrected chi connectivity index (χ4v) is 4.40. The molecule has 0 aliphatic carbocycles. The van der Waals surface area contributed by atoms with E-state index in [4.69, 9.17) is 5.73 Å². The van der Waals surface area contributed by atoms with Crippen molar-refractivity contribution in [1.82, 2.24) is 14.9 Å². The Morgan fingerprint density at radius 2 is 2.47 bits per heavy atom. The van der Waals surface area contributed by atoms with Gasteiger partial charge in [-0.15, -0.1) is 11.3 Å². The van der Waals surface area contributed by atoms with E-state index >= 15 is 0 Å². The molecule has 0 radical (unpaired) electrons. The minimum absolute atomic E-state index is 0.0397. The molecule has 0 aromatic carbocycles. The molecular formula is C8H10N5S2+. The van der Waals surface area contributed by atoms with Crippen molar-refractivity contribution < 1.29 is 0 Å². The highest BCUT2D eigenvalue weighted by Gasteiger charge is 2.47. The fourth-order valence-electron chi connectivity index (χ4n) is 1.61. The van der Waals surface area contributed by atoms with E-state index in [1.165, 1.54) is 11.3 Å². The molecule has 0 bridgehead atoms. The Kier molecular flexibility index (Phi) is 1.89. The third-order valence-electron chi connectivity index (χ3n) is 2.27. The maximum atomic E-state index is 5.65. The number of fused-ring (bicyclic) bond motifs is 1. The standard InChI is InChI=1S/C8H10N5S2/c1-12-5-10-13-2-3-15(8(12)13)6-4-14-7(9)11-6/h2-5,8H,1H3,(H2,9,11)/q+1. The summed E-state index contributed by atoms with van der Waals surface area (Å²) in [6.07, 6.45) is 3.84. The van der Waals surface area contributed by atoms with E-state index in [1.807, 2.05) is 30.0 Å². The average molecular weight is 240 g/mol. The molecule has 2 aliphatic heterocycles. The lowest BCUT2D eigenvalue weighted by Crippen LogP contribution is -2.37. The van der Waals surface area contributed by atoms with Crippen LogP contribution in [-0.4, -0.2) is 33.8 Å². The summed E-state index contributed by atoms with van der Waals surface area (Å²) in [6, 6.07) is 0. The number of hydrogen-bond donors (Lipinski definition) is 1. The van der Waals surface area contributed by atoms with E-state index in [9.17, 15) is 0 Å². The second-order valence-electron chi connectivity index (χ2n) is 3.28. The van der Waals surface area contributed by atoms with Crippen LogP contribution < -0.4 is 5.73 Å². The van der Waals surface area contributed by atoms with Crippen molar-refractivity contribution in [3.05, 3.63) is 17.0 Å². The first-order valence-corrected chi connectivity index (χ1v) is 6.64. The van der Waals surface area contributed by atoms with Crippen LogP contribution in [0.25, 0.3) is 0 Å². The molecule has 1 aromatic heterocycles. The van der Waals surface area contributed by atoms with Gasteiger partial charge in [0.05, 0.1) is 11.6 Å². The van der Waals surface area contributed by atoms with E-state index in [1.54, 1.807) is 0 Å². The lowest BCUT2D eigenvalue weighted by atomic mass is 10.8. The summed E-state index contributed by atoms with van der Waals surface area (Å²) < 4.78 is 0. The van der Waals surface area contributed by atoms with Gasteiger partial charge >= 0.3 is 5.50 Å². The Morgan fingerprint density at radius 1 is 1.60 bits per heavy atom. The molecule has 1 aromatic rings. The van der Waals surface area contributed by atoms with Gasteiger partial charge in [0.2, 0.25) is 0 Å². The van der Waals surface area contributed by atoms with Crippen LogP contribution in [0.4, 0.5) is 5.13 Å². The molecule has 5 nitrogen and oxygen atoms in total. The van der Waals surface area contributed by atoms with Crippen LogP contribution in [0.1, 0.15) is 0 Å². The van der Waals surface area contributed by atoms with Crippen LogP contribution in [0, 0.1) is 0 Å². The predicted octanol–water partition coefficient (Wildman–Crippen LogP) is 0.662. The number of nitrogens with two attached hydrogens (primary N) is 1. The molecule has 3 rings (SSSR count). The molecule has 0 saturated carbocycles.